The first-order chi connectivity index (χ1) is 10.1. The summed E-state index contributed by atoms with van der Waals surface area (Å²) in [6.45, 7) is 6.37. The Balaban J connectivity index is 2.17. The van der Waals surface area contributed by atoms with Crippen LogP contribution in [0.25, 0.3) is 0 Å². The van der Waals surface area contributed by atoms with Gasteiger partial charge in [-0.05, 0) is 43.9 Å². The van der Waals surface area contributed by atoms with E-state index < -0.39 is 0 Å². The summed E-state index contributed by atoms with van der Waals surface area (Å²) in [5, 5.41) is 12.6. The van der Waals surface area contributed by atoms with Gasteiger partial charge in [-0.2, -0.15) is 0 Å². The van der Waals surface area contributed by atoms with Gasteiger partial charge in [0.15, 0.2) is 0 Å². The van der Waals surface area contributed by atoms with Crippen molar-refractivity contribution in [1.82, 2.24) is 5.32 Å². The number of hydrogen-bond acceptors (Lipinski definition) is 3. The summed E-state index contributed by atoms with van der Waals surface area (Å²) in [6, 6.07) is 5.71. The molecule has 0 radical (unpaired) electrons. The molecular formula is C17H27FN2O. The molecule has 2 N–H and O–H groups in total. The monoisotopic (exact) mass is 294 g/mol. The minimum Gasteiger partial charge on any atom is -0.395 e. The molecule has 118 valence electrons. The van der Waals surface area contributed by atoms with Crippen LogP contribution in [0.3, 0.4) is 0 Å². The zero-order valence-corrected chi connectivity index (χ0v) is 13.1. The summed E-state index contributed by atoms with van der Waals surface area (Å²) in [7, 11) is 0. The highest BCUT2D eigenvalue weighted by Crippen LogP contribution is 2.32. The molecule has 1 fully saturated rings. The van der Waals surface area contributed by atoms with Gasteiger partial charge in [0.05, 0.1) is 6.61 Å². The zero-order chi connectivity index (χ0) is 15.2. The largest absolute Gasteiger partial charge is 0.395 e. The Morgan fingerprint density at radius 3 is 2.71 bits per heavy atom. The van der Waals surface area contributed by atoms with Gasteiger partial charge in [0.2, 0.25) is 0 Å². The second-order valence-electron chi connectivity index (χ2n) is 6.26. The maximum Gasteiger partial charge on any atom is 0.129 e. The molecule has 0 amide bonds. The van der Waals surface area contributed by atoms with Crippen LogP contribution < -0.4 is 10.2 Å². The first kappa shape index (κ1) is 16.2. The van der Waals surface area contributed by atoms with Crippen LogP contribution in [0.4, 0.5) is 10.1 Å². The van der Waals surface area contributed by atoms with Gasteiger partial charge in [0.1, 0.15) is 5.82 Å². The highest BCUT2D eigenvalue weighted by Gasteiger charge is 2.27. The van der Waals surface area contributed by atoms with Crippen LogP contribution in [-0.4, -0.2) is 30.8 Å². The van der Waals surface area contributed by atoms with Gasteiger partial charge in [0.25, 0.3) is 0 Å². The van der Waals surface area contributed by atoms with E-state index in [4.69, 9.17) is 0 Å². The van der Waals surface area contributed by atoms with E-state index in [0.29, 0.717) is 25.0 Å². The van der Waals surface area contributed by atoms with Crippen LogP contribution in [0.1, 0.15) is 38.7 Å². The highest BCUT2D eigenvalue weighted by molar-refractivity contribution is 5.55. The van der Waals surface area contributed by atoms with E-state index in [1.54, 1.807) is 6.07 Å². The summed E-state index contributed by atoms with van der Waals surface area (Å²) in [6.07, 6.45) is 3.49. The quantitative estimate of drug-likeness (QED) is 0.774. The molecule has 1 aromatic rings. The number of halogens is 1. The smallest absolute Gasteiger partial charge is 0.129 e. The summed E-state index contributed by atoms with van der Waals surface area (Å²) >= 11 is 0. The molecule has 0 aromatic heterocycles. The van der Waals surface area contributed by atoms with Gasteiger partial charge in [-0.3, -0.25) is 0 Å². The Labute approximate surface area is 127 Å². The van der Waals surface area contributed by atoms with E-state index in [1.807, 2.05) is 6.07 Å². The highest BCUT2D eigenvalue weighted by atomic mass is 19.1. The lowest BCUT2D eigenvalue weighted by Gasteiger charge is -2.40. The number of benzene rings is 1. The fourth-order valence-corrected chi connectivity index (χ4v) is 2.78. The van der Waals surface area contributed by atoms with E-state index in [0.717, 1.165) is 30.6 Å². The molecule has 1 aliphatic rings. The fourth-order valence-electron chi connectivity index (χ4n) is 2.78. The molecule has 0 aliphatic heterocycles. The normalized spacial score (nSPS) is 15.3. The van der Waals surface area contributed by atoms with Crippen LogP contribution in [-0.2, 0) is 6.54 Å². The van der Waals surface area contributed by atoms with Gasteiger partial charge < -0.3 is 15.3 Å². The summed E-state index contributed by atoms with van der Waals surface area (Å²) < 4.78 is 14.2. The number of aliphatic hydroxyl groups excluding tert-OH is 1. The summed E-state index contributed by atoms with van der Waals surface area (Å²) in [4.78, 5) is 2.18. The van der Waals surface area contributed by atoms with Crippen molar-refractivity contribution in [3.8, 4) is 0 Å². The first-order valence-electron chi connectivity index (χ1n) is 7.99. The predicted molar refractivity (Wildman–Crippen MR) is 85.0 cm³/mol. The van der Waals surface area contributed by atoms with Crippen molar-refractivity contribution >= 4 is 5.69 Å². The van der Waals surface area contributed by atoms with E-state index in [9.17, 15) is 9.50 Å². The zero-order valence-electron chi connectivity index (χ0n) is 13.1. The number of rotatable bonds is 8. The van der Waals surface area contributed by atoms with Crippen LogP contribution >= 0.6 is 0 Å². The molecule has 1 aliphatic carbocycles. The SMILES string of the molecule is CC(C)CNCc1c(F)cccc1N(CCO)C1CCC1. The number of anilines is 1. The molecule has 1 saturated carbocycles. The molecule has 1 aromatic carbocycles. The minimum absolute atomic E-state index is 0.103. The Kier molecular flexibility index (Phi) is 6.00. The maximum atomic E-state index is 14.2. The van der Waals surface area contributed by atoms with Crippen LogP contribution in [0, 0.1) is 11.7 Å². The van der Waals surface area contributed by atoms with E-state index >= 15 is 0 Å². The summed E-state index contributed by atoms with van der Waals surface area (Å²) in [5.74, 6) is 0.381. The van der Waals surface area contributed by atoms with Gasteiger partial charge in [0, 0.05) is 30.4 Å². The first-order valence-corrected chi connectivity index (χ1v) is 7.99. The van der Waals surface area contributed by atoms with Crippen LogP contribution in [0.2, 0.25) is 0 Å². The molecule has 0 unspecified atom stereocenters. The van der Waals surface area contributed by atoms with Gasteiger partial charge in [-0.15, -0.1) is 0 Å². The molecule has 0 spiro atoms. The summed E-state index contributed by atoms with van der Waals surface area (Å²) in [5.41, 5.74) is 1.66. The standard InChI is InChI=1S/C17H27FN2O/c1-13(2)11-19-12-15-16(18)7-4-8-17(15)20(9-10-21)14-5-3-6-14/h4,7-8,13-14,19,21H,3,5-6,9-12H2,1-2H3. The lowest BCUT2D eigenvalue weighted by atomic mass is 9.90. The Hall–Kier alpha value is -1.13. The second kappa shape index (κ2) is 7.76. The van der Waals surface area contributed by atoms with Gasteiger partial charge in [-0.25, -0.2) is 4.39 Å². The molecule has 4 heteroatoms. The number of hydrogen-bond donors (Lipinski definition) is 2. The number of aliphatic hydroxyl groups is 1. The third-order valence-corrected chi connectivity index (χ3v) is 4.11. The van der Waals surface area contributed by atoms with E-state index in [2.05, 4.69) is 24.1 Å². The fraction of sp³-hybridized carbons (Fsp3) is 0.647. The van der Waals surface area contributed by atoms with Crippen molar-refractivity contribution in [2.75, 3.05) is 24.6 Å². The number of nitrogens with zero attached hydrogens (tertiary/aromatic N) is 1. The van der Waals surface area contributed by atoms with Gasteiger partial charge >= 0.3 is 0 Å². The molecule has 0 bridgehead atoms. The van der Waals surface area contributed by atoms with Crippen LogP contribution in [0.15, 0.2) is 18.2 Å². The second-order valence-corrected chi connectivity index (χ2v) is 6.26. The third kappa shape index (κ3) is 4.17. The average molecular weight is 294 g/mol. The van der Waals surface area contributed by atoms with Crippen molar-refractivity contribution in [3.05, 3.63) is 29.6 Å². The lowest BCUT2D eigenvalue weighted by molar-refractivity contribution is 0.283. The van der Waals surface area contributed by atoms with E-state index in [-0.39, 0.29) is 12.4 Å². The Morgan fingerprint density at radius 2 is 2.14 bits per heavy atom. The van der Waals surface area contributed by atoms with Crippen LogP contribution in [0.5, 0.6) is 0 Å². The lowest BCUT2D eigenvalue weighted by Crippen LogP contribution is -2.42. The minimum atomic E-state index is -0.161. The Morgan fingerprint density at radius 1 is 1.38 bits per heavy atom. The maximum absolute atomic E-state index is 14.2. The third-order valence-electron chi connectivity index (χ3n) is 4.11. The van der Waals surface area contributed by atoms with Crippen molar-refractivity contribution in [2.24, 2.45) is 5.92 Å². The molecule has 21 heavy (non-hydrogen) atoms. The van der Waals surface area contributed by atoms with Crippen molar-refractivity contribution in [3.63, 3.8) is 0 Å². The molecular weight excluding hydrogens is 267 g/mol. The predicted octanol–water partition coefficient (Wildman–Crippen LogP) is 2.92. The van der Waals surface area contributed by atoms with Crippen molar-refractivity contribution in [2.45, 2.75) is 45.7 Å². The molecule has 0 atom stereocenters. The van der Waals surface area contributed by atoms with Crippen molar-refractivity contribution < 1.29 is 9.50 Å². The van der Waals surface area contributed by atoms with E-state index in [1.165, 1.54) is 12.5 Å². The van der Waals surface area contributed by atoms with Crippen molar-refractivity contribution in [1.29, 1.82) is 0 Å². The molecule has 2 rings (SSSR count). The molecule has 3 nitrogen and oxygen atoms in total. The molecule has 0 saturated heterocycles. The van der Waals surface area contributed by atoms with Gasteiger partial charge in [-0.1, -0.05) is 19.9 Å². The number of nitrogens with one attached hydrogen (secondary N) is 1. The Bertz CT molecular complexity index is 446. The topological polar surface area (TPSA) is 35.5 Å². The average Bonchev–Trinajstić information content (AvgIpc) is 2.37. The molecule has 0 heterocycles.